The quantitative estimate of drug-likeness (QED) is 0.696. The summed E-state index contributed by atoms with van der Waals surface area (Å²) in [5, 5.41) is 4.90. The molecular weight excluding hydrogens is 386 g/mol. The zero-order chi connectivity index (χ0) is 21.1. The Hall–Kier alpha value is -3.28. The van der Waals surface area contributed by atoms with Gasteiger partial charge in [0.1, 0.15) is 0 Å². The van der Waals surface area contributed by atoms with Gasteiger partial charge in [-0.2, -0.15) is 0 Å². The van der Waals surface area contributed by atoms with Gasteiger partial charge in [-0.1, -0.05) is 36.4 Å². The van der Waals surface area contributed by atoms with Crippen molar-refractivity contribution in [2.75, 3.05) is 19.6 Å². The molecule has 1 fully saturated rings. The number of carbonyl (C=O) groups excluding carboxylic acids is 2. The molecule has 4 nitrogen and oxygen atoms in total. The van der Waals surface area contributed by atoms with E-state index < -0.39 is 11.6 Å². The summed E-state index contributed by atoms with van der Waals surface area (Å²) >= 11 is 0. The van der Waals surface area contributed by atoms with E-state index in [0.717, 1.165) is 35.7 Å². The SMILES string of the molecule is O=C(NC[C@H]1CCCN(C(=O)c2ccc(F)c(F)c2)C1)c1cccc2ccccc12. The number of halogens is 2. The van der Waals surface area contributed by atoms with Crippen LogP contribution < -0.4 is 5.32 Å². The number of amides is 2. The molecule has 1 saturated heterocycles. The first-order valence-electron chi connectivity index (χ1n) is 10.0. The Bertz CT molecular complexity index is 1090. The topological polar surface area (TPSA) is 49.4 Å². The van der Waals surface area contributed by atoms with Crippen molar-refractivity contribution in [3.63, 3.8) is 0 Å². The minimum absolute atomic E-state index is 0.104. The van der Waals surface area contributed by atoms with Crippen LogP contribution in [0.5, 0.6) is 0 Å². The van der Waals surface area contributed by atoms with Gasteiger partial charge in [-0.3, -0.25) is 9.59 Å². The lowest BCUT2D eigenvalue weighted by molar-refractivity contribution is 0.0670. The Morgan fingerprint density at radius 3 is 2.63 bits per heavy atom. The molecule has 0 radical (unpaired) electrons. The molecule has 30 heavy (non-hydrogen) atoms. The van der Waals surface area contributed by atoms with Crippen molar-refractivity contribution in [3.05, 3.63) is 83.4 Å². The minimum Gasteiger partial charge on any atom is -0.352 e. The number of hydrogen-bond donors (Lipinski definition) is 1. The summed E-state index contributed by atoms with van der Waals surface area (Å²) in [4.78, 5) is 27.0. The van der Waals surface area contributed by atoms with Crippen LogP contribution in [0.15, 0.2) is 60.7 Å². The smallest absolute Gasteiger partial charge is 0.253 e. The maximum Gasteiger partial charge on any atom is 0.253 e. The molecule has 2 amide bonds. The lowest BCUT2D eigenvalue weighted by Gasteiger charge is -2.33. The van der Waals surface area contributed by atoms with Crippen molar-refractivity contribution in [1.29, 1.82) is 0 Å². The van der Waals surface area contributed by atoms with Crippen LogP contribution >= 0.6 is 0 Å². The third-order valence-corrected chi connectivity index (χ3v) is 5.56. The lowest BCUT2D eigenvalue weighted by Crippen LogP contribution is -2.43. The van der Waals surface area contributed by atoms with Crippen molar-refractivity contribution in [3.8, 4) is 0 Å². The molecule has 0 unspecified atom stereocenters. The predicted molar refractivity (Wildman–Crippen MR) is 111 cm³/mol. The summed E-state index contributed by atoms with van der Waals surface area (Å²) in [5.74, 6) is -2.36. The van der Waals surface area contributed by atoms with Crippen LogP contribution in [0.25, 0.3) is 10.8 Å². The fourth-order valence-corrected chi connectivity index (χ4v) is 3.98. The Balaban J connectivity index is 1.40. The third-order valence-electron chi connectivity index (χ3n) is 5.56. The molecule has 0 bridgehead atoms. The van der Waals surface area contributed by atoms with Gasteiger partial charge in [0.25, 0.3) is 11.8 Å². The van der Waals surface area contributed by atoms with Crippen molar-refractivity contribution in [1.82, 2.24) is 10.2 Å². The molecule has 1 atom stereocenters. The van der Waals surface area contributed by atoms with E-state index in [1.54, 1.807) is 11.0 Å². The van der Waals surface area contributed by atoms with E-state index in [0.29, 0.717) is 25.2 Å². The highest BCUT2D eigenvalue weighted by atomic mass is 19.2. The molecular formula is C24H22F2N2O2. The van der Waals surface area contributed by atoms with Gasteiger partial charge in [-0.05, 0) is 53.8 Å². The number of carbonyl (C=O) groups is 2. The monoisotopic (exact) mass is 408 g/mol. The number of fused-ring (bicyclic) bond motifs is 1. The second-order valence-electron chi connectivity index (χ2n) is 7.63. The van der Waals surface area contributed by atoms with Gasteiger partial charge in [0.2, 0.25) is 0 Å². The number of nitrogens with one attached hydrogen (secondary N) is 1. The van der Waals surface area contributed by atoms with E-state index >= 15 is 0 Å². The van der Waals surface area contributed by atoms with Crippen LogP contribution in [0, 0.1) is 17.6 Å². The minimum atomic E-state index is -1.03. The van der Waals surface area contributed by atoms with Gasteiger partial charge < -0.3 is 10.2 Å². The van der Waals surface area contributed by atoms with Crippen LogP contribution in [-0.2, 0) is 0 Å². The zero-order valence-electron chi connectivity index (χ0n) is 16.4. The maximum atomic E-state index is 13.5. The molecule has 6 heteroatoms. The van der Waals surface area contributed by atoms with E-state index in [2.05, 4.69) is 5.32 Å². The van der Waals surface area contributed by atoms with Gasteiger partial charge in [0.05, 0.1) is 0 Å². The third kappa shape index (κ3) is 4.17. The van der Waals surface area contributed by atoms with Gasteiger partial charge >= 0.3 is 0 Å². The van der Waals surface area contributed by atoms with Gasteiger partial charge in [-0.15, -0.1) is 0 Å². The molecule has 0 aromatic heterocycles. The molecule has 1 N–H and O–H groups in total. The second-order valence-corrected chi connectivity index (χ2v) is 7.63. The summed E-state index contributed by atoms with van der Waals surface area (Å²) in [5.41, 5.74) is 0.757. The van der Waals surface area contributed by atoms with Crippen LogP contribution in [-0.4, -0.2) is 36.3 Å². The second kappa shape index (κ2) is 8.61. The number of piperidine rings is 1. The van der Waals surface area contributed by atoms with Crippen molar-refractivity contribution in [2.45, 2.75) is 12.8 Å². The molecule has 0 spiro atoms. The first-order chi connectivity index (χ1) is 14.5. The number of rotatable bonds is 4. The normalized spacial score (nSPS) is 16.5. The van der Waals surface area contributed by atoms with Crippen molar-refractivity contribution in [2.24, 2.45) is 5.92 Å². The number of benzene rings is 3. The van der Waals surface area contributed by atoms with Crippen LogP contribution in [0.1, 0.15) is 33.6 Å². The molecule has 1 aliphatic heterocycles. The summed E-state index contributed by atoms with van der Waals surface area (Å²) < 4.78 is 26.6. The maximum absolute atomic E-state index is 13.5. The molecule has 1 heterocycles. The Kier molecular flexibility index (Phi) is 5.74. The van der Waals surface area contributed by atoms with Crippen LogP contribution in [0.4, 0.5) is 8.78 Å². The fourth-order valence-electron chi connectivity index (χ4n) is 3.98. The highest BCUT2D eigenvalue weighted by Gasteiger charge is 2.25. The highest BCUT2D eigenvalue weighted by molar-refractivity contribution is 6.07. The Morgan fingerprint density at radius 1 is 1.00 bits per heavy atom. The van der Waals surface area contributed by atoms with E-state index in [4.69, 9.17) is 0 Å². The van der Waals surface area contributed by atoms with Crippen molar-refractivity contribution < 1.29 is 18.4 Å². The van der Waals surface area contributed by atoms with Crippen LogP contribution in [0.2, 0.25) is 0 Å². The van der Waals surface area contributed by atoms with E-state index in [9.17, 15) is 18.4 Å². The molecule has 154 valence electrons. The number of likely N-dealkylation sites (tertiary alicyclic amines) is 1. The summed E-state index contributed by atoms with van der Waals surface area (Å²) in [7, 11) is 0. The number of hydrogen-bond acceptors (Lipinski definition) is 2. The first-order valence-corrected chi connectivity index (χ1v) is 10.0. The predicted octanol–water partition coefficient (Wildman–Crippen LogP) is 4.40. The average molecular weight is 408 g/mol. The van der Waals surface area contributed by atoms with E-state index in [-0.39, 0.29) is 23.3 Å². The van der Waals surface area contributed by atoms with E-state index in [1.807, 2.05) is 36.4 Å². The summed E-state index contributed by atoms with van der Waals surface area (Å²) in [6.07, 6.45) is 1.68. The largest absolute Gasteiger partial charge is 0.352 e. The van der Waals surface area contributed by atoms with Gasteiger partial charge in [0, 0.05) is 30.8 Å². The molecule has 4 rings (SSSR count). The Morgan fingerprint density at radius 2 is 1.80 bits per heavy atom. The molecule has 0 saturated carbocycles. The van der Waals surface area contributed by atoms with Crippen molar-refractivity contribution >= 4 is 22.6 Å². The van der Waals surface area contributed by atoms with Crippen LogP contribution in [0.3, 0.4) is 0 Å². The highest BCUT2D eigenvalue weighted by Crippen LogP contribution is 2.21. The molecule has 3 aromatic carbocycles. The Labute approximate surface area is 173 Å². The number of nitrogens with zero attached hydrogens (tertiary/aromatic N) is 1. The summed E-state index contributed by atoms with van der Waals surface area (Å²) in [6, 6.07) is 16.6. The van der Waals surface area contributed by atoms with E-state index in [1.165, 1.54) is 6.07 Å². The van der Waals surface area contributed by atoms with Gasteiger partial charge in [-0.25, -0.2) is 8.78 Å². The molecule has 0 aliphatic carbocycles. The summed E-state index contributed by atoms with van der Waals surface area (Å²) in [6.45, 7) is 1.48. The zero-order valence-corrected chi connectivity index (χ0v) is 16.4. The first kappa shape index (κ1) is 20.0. The average Bonchev–Trinajstić information content (AvgIpc) is 2.78. The standard InChI is InChI=1S/C24H22F2N2O2/c25-21-11-10-18(13-22(21)26)24(30)28-12-4-5-16(15-28)14-27-23(29)20-9-3-7-17-6-1-2-8-19(17)20/h1-3,6-11,13,16H,4-5,12,14-15H2,(H,27,29)/t16-/m1/s1. The van der Waals surface area contributed by atoms with Gasteiger partial charge in [0.15, 0.2) is 11.6 Å². The lowest BCUT2D eigenvalue weighted by atomic mass is 9.97. The fraction of sp³-hybridized carbons (Fsp3) is 0.250. The molecule has 1 aliphatic rings. The molecule has 3 aromatic rings.